The van der Waals surface area contributed by atoms with Gasteiger partial charge in [-0.15, -0.1) is 0 Å². The van der Waals surface area contributed by atoms with Crippen molar-refractivity contribution >= 4 is 11.7 Å². The molecule has 1 aromatic rings. The van der Waals surface area contributed by atoms with Crippen LogP contribution in [-0.2, 0) is 9.47 Å². The topological polar surface area (TPSA) is 86.5 Å². The Morgan fingerprint density at radius 1 is 1.63 bits per heavy atom. The van der Waals surface area contributed by atoms with Crippen molar-refractivity contribution in [2.45, 2.75) is 31.5 Å². The largest absolute Gasteiger partial charge is 0.464 e. The van der Waals surface area contributed by atoms with Crippen LogP contribution in [0.4, 0.5) is 5.69 Å². The van der Waals surface area contributed by atoms with Crippen molar-refractivity contribution in [1.82, 2.24) is 4.98 Å². The quantitative estimate of drug-likeness (QED) is 0.765. The molecule has 0 aliphatic heterocycles. The molecule has 0 bridgehead atoms. The zero-order valence-electron chi connectivity index (χ0n) is 11.1. The van der Waals surface area contributed by atoms with E-state index in [4.69, 9.17) is 10.5 Å². The Hall–Kier alpha value is -1.66. The first-order valence-electron chi connectivity index (χ1n) is 6.33. The Morgan fingerprint density at radius 2 is 2.42 bits per heavy atom. The van der Waals surface area contributed by atoms with Crippen molar-refractivity contribution in [2.75, 3.05) is 19.0 Å². The van der Waals surface area contributed by atoms with Gasteiger partial charge in [-0.25, -0.2) is 9.78 Å². The number of rotatable bonds is 5. The predicted molar refractivity (Wildman–Crippen MR) is 71.0 cm³/mol. The molecule has 0 amide bonds. The highest BCUT2D eigenvalue weighted by atomic mass is 16.5. The number of nitrogens with zero attached hydrogens (tertiary/aromatic N) is 1. The normalized spacial score (nSPS) is 25.5. The van der Waals surface area contributed by atoms with Crippen molar-refractivity contribution in [1.29, 1.82) is 0 Å². The number of methoxy groups -OCH3 is 1. The fraction of sp³-hybridized carbons (Fsp3) is 0.538. The Morgan fingerprint density at radius 3 is 3.05 bits per heavy atom. The Labute approximate surface area is 112 Å². The van der Waals surface area contributed by atoms with Crippen molar-refractivity contribution in [3.63, 3.8) is 0 Å². The summed E-state index contributed by atoms with van der Waals surface area (Å²) in [5.41, 5.74) is 7.03. The van der Waals surface area contributed by atoms with Crippen molar-refractivity contribution in [3.8, 4) is 0 Å². The summed E-state index contributed by atoms with van der Waals surface area (Å²) in [4.78, 5) is 15.4. The molecule has 3 atom stereocenters. The van der Waals surface area contributed by atoms with Crippen molar-refractivity contribution in [2.24, 2.45) is 5.73 Å². The number of anilines is 1. The summed E-state index contributed by atoms with van der Waals surface area (Å²) >= 11 is 0. The van der Waals surface area contributed by atoms with Crippen molar-refractivity contribution < 1.29 is 14.3 Å². The molecule has 2 rings (SSSR count). The molecule has 3 unspecified atom stereocenters. The number of nitrogens with two attached hydrogens (primary N) is 1. The summed E-state index contributed by atoms with van der Waals surface area (Å²) < 4.78 is 10.2. The number of carbonyl (C=O) groups excluding carboxylic acids is 1. The summed E-state index contributed by atoms with van der Waals surface area (Å²) in [5.74, 6) is -0.456. The van der Waals surface area contributed by atoms with E-state index in [1.807, 2.05) is 6.92 Å². The summed E-state index contributed by atoms with van der Waals surface area (Å²) in [6, 6.07) is 3.57. The van der Waals surface area contributed by atoms with Gasteiger partial charge in [0.25, 0.3) is 0 Å². The number of ether oxygens (including phenoxy) is 2. The molecule has 1 saturated carbocycles. The number of esters is 1. The number of pyridine rings is 1. The van der Waals surface area contributed by atoms with Gasteiger partial charge in [0.15, 0.2) is 0 Å². The van der Waals surface area contributed by atoms with Gasteiger partial charge < -0.3 is 20.5 Å². The summed E-state index contributed by atoms with van der Waals surface area (Å²) in [5, 5.41) is 3.28. The first-order valence-corrected chi connectivity index (χ1v) is 6.33. The first kappa shape index (κ1) is 13.8. The second-order valence-corrected chi connectivity index (χ2v) is 4.48. The summed E-state index contributed by atoms with van der Waals surface area (Å²) in [6.45, 7) is 2.63. The second kappa shape index (κ2) is 5.99. The minimum Gasteiger partial charge on any atom is -0.464 e. The molecule has 0 saturated heterocycles. The lowest BCUT2D eigenvalue weighted by atomic mass is 9.83. The van der Waals surface area contributed by atoms with Gasteiger partial charge in [0.05, 0.1) is 19.3 Å². The van der Waals surface area contributed by atoms with Gasteiger partial charge in [-0.05, 0) is 25.5 Å². The van der Waals surface area contributed by atoms with Crippen molar-refractivity contribution in [3.05, 3.63) is 24.0 Å². The van der Waals surface area contributed by atoms with E-state index in [-0.39, 0.29) is 23.9 Å². The smallest absolute Gasteiger partial charge is 0.356 e. The van der Waals surface area contributed by atoms with E-state index in [2.05, 4.69) is 15.0 Å². The van der Waals surface area contributed by atoms with Crippen LogP contribution in [0.2, 0.25) is 0 Å². The third-order valence-corrected chi connectivity index (χ3v) is 3.23. The molecule has 1 aromatic heterocycles. The minimum atomic E-state index is -0.456. The number of nitrogens with one attached hydrogen (secondary N) is 1. The lowest BCUT2D eigenvalue weighted by molar-refractivity contribution is -0.0126. The molecule has 3 N–H and O–H groups in total. The maximum atomic E-state index is 11.4. The third kappa shape index (κ3) is 3.02. The first-order chi connectivity index (χ1) is 9.15. The van der Waals surface area contributed by atoms with Crippen LogP contribution in [0, 0.1) is 0 Å². The van der Waals surface area contributed by atoms with E-state index >= 15 is 0 Å². The lowest BCUT2D eigenvalue weighted by Crippen LogP contribution is -2.60. The SMILES string of the molecule is CCOC1CC(N)C1Nc1ccnc(C(=O)OC)c1. The highest BCUT2D eigenvalue weighted by Crippen LogP contribution is 2.26. The molecule has 104 valence electrons. The van der Waals surface area contributed by atoms with E-state index in [0.717, 1.165) is 12.1 Å². The fourth-order valence-corrected chi connectivity index (χ4v) is 2.16. The van der Waals surface area contributed by atoms with E-state index < -0.39 is 5.97 Å². The standard InChI is InChI=1S/C13H19N3O3/c1-3-19-11-7-9(14)12(11)16-8-4-5-15-10(6-8)13(17)18-2/h4-6,9,11-12H,3,7,14H2,1-2H3,(H,15,16). The van der Waals surface area contributed by atoms with Gasteiger partial charge in [-0.3, -0.25) is 0 Å². The van der Waals surface area contributed by atoms with Crippen LogP contribution in [-0.4, -0.2) is 42.9 Å². The maximum absolute atomic E-state index is 11.4. The van der Waals surface area contributed by atoms with Crippen LogP contribution in [0.25, 0.3) is 0 Å². The second-order valence-electron chi connectivity index (χ2n) is 4.48. The van der Waals surface area contributed by atoms with E-state index in [9.17, 15) is 4.79 Å². The molecule has 6 nitrogen and oxygen atoms in total. The number of hydrogen-bond acceptors (Lipinski definition) is 6. The molecule has 1 aliphatic rings. The predicted octanol–water partition coefficient (Wildman–Crippen LogP) is 0.785. The average molecular weight is 265 g/mol. The van der Waals surface area contributed by atoms with E-state index in [0.29, 0.717) is 6.61 Å². The number of carbonyl (C=O) groups is 1. The lowest BCUT2D eigenvalue weighted by Gasteiger charge is -2.43. The Balaban J connectivity index is 2.04. The maximum Gasteiger partial charge on any atom is 0.356 e. The van der Waals surface area contributed by atoms with Crippen LogP contribution < -0.4 is 11.1 Å². The third-order valence-electron chi connectivity index (χ3n) is 3.23. The molecule has 1 heterocycles. The number of hydrogen-bond donors (Lipinski definition) is 2. The van der Waals surface area contributed by atoms with Crippen LogP contribution in [0.15, 0.2) is 18.3 Å². The average Bonchev–Trinajstić information content (AvgIpc) is 2.44. The Kier molecular flexibility index (Phi) is 4.34. The molecule has 0 radical (unpaired) electrons. The molecule has 6 heteroatoms. The highest BCUT2D eigenvalue weighted by molar-refractivity contribution is 5.88. The summed E-state index contributed by atoms with van der Waals surface area (Å²) in [7, 11) is 1.33. The molecule has 0 aromatic carbocycles. The molecule has 1 fully saturated rings. The van der Waals surface area contributed by atoms with Crippen LogP contribution in [0.3, 0.4) is 0 Å². The molecule has 1 aliphatic carbocycles. The van der Waals surface area contributed by atoms with Crippen LogP contribution >= 0.6 is 0 Å². The summed E-state index contributed by atoms with van der Waals surface area (Å²) in [6.07, 6.45) is 2.53. The number of aromatic nitrogens is 1. The minimum absolute atomic E-state index is 0.0614. The molecular formula is C13H19N3O3. The fourth-order valence-electron chi connectivity index (χ4n) is 2.16. The van der Waals surface area contributed by atoms with Gasteiger partial charge in [0.1, 0.15) is 5.69 Å². The molecule has 19 heavy (non-hydrogen) atoms. The molecular weight excluding hydrogens is 246 g/mol. The monoisotopic (exact) mass is 265 g/mol. The van der Waals surface area contributed by atoms with E-state index in [1.54, 1.807) is 18.3 Å². The van der Waals surface area contributed by atoms with Gasteiger partial charge in [-0.2, -0.15) is 0 Å². The van der Waals surface area contributed by atoms with Gasteiger partial charge >= 0.3 is 5.97 Å². The molecule has 0 spiro atoms. The Bertz CT molecular complexity index is 451. The van der Waals surface area contributed by atoms with Gasteiger partial charge in [-0.1, -0.05) is 0 Å². The zero-order valence-corrected chi connectivity index (χ0v) is 11.1. The van der Waals surface area contributed by atoms with Gasteiger partial charge in [0, 0.05) is 24.5 Å². The highest BCUT2D eigenvalue weighted by Gasteiger charge is 2.39. The van der Waals surface area contributed by atoms with E-state index in [1.165, 1.54) is 7.11 Å². The van der Waals surface area contributed by atoms with Gasteiger partial charge in [0.2, 0.25) is 0 Å². The zero-order chi connectivity index (χ0) is 13.8. The van der Waals surface area contributed by atoms with Crippen LogP contribution in [0.5, 0.6) is 0 Å². The van der Waals surface area contributed by atoms with Crippen LogP contribution in [0.1, 0.15) is 23.8 Å².